The molecule has 6 nitrogen and oxygen atoms in total. The summed E-state index contributed by atoms with van der Waals surface area (Å²) >= 11 is 1.18. The van der Waals surface area contributed by atoms with Gasteiger partial charge >= 0.3 is 0 Å². The van der Waals surface area contributed by atoms with Crippen LogP contribution in [-0.2, 0) is 6.42 Å². The summed E-state index contributed by atoms with van der Waals surface area (Å²) in [5.74, 6) is 1.48. The summed E-state index contributed by atoms with van der Waals surface area (Å²) in [6, 6.07) is 15.7. The topological polar surface area (TPSA) is 80.7 Å². The number of carbonyl (C=O) groups excluding carboxylic acids is 1. The molecular formula is C25H28N2O4S. The van der Waals surface area contributed by atoms with Gasteiger partial charge in [-0.3, -0.25) is 4.79 Å². The molecule has 0 aliphatic carbocycles. The number of nitrogens with zero attached hydrogens (tertiary/aromatic N) is 1. The smallest absolute Gasteiger partial charge is 0.279 e. The van der Waals surface area contributed by atoms with Gasteiger partial charge < -0.3 is 19.9 Å². The van der Waals surface area contributed by atoms with Crippen LogP contribution in [0, 0.1) is 5.92 Å². The fourth-order valence-electron chi connectivity index (χ4n) is 3.73. The van der Waals surface area contributed by atoms with Gasteiger partial charge in [0, 0.05) is 0 Å². The molecule has 32 heavy (non-hydrogen) atoms. The molecule has 1 aromatic heterocycles. The summed E-state index contributed by atoms with van der Waals surface area (Å²) < 4.78 is 12.1. The second-order valence-electron chi connectivity index (χ2n) is 8.07. The molecule has 7 heteroatoms. The number of rotatable bonds is 8. The first-order valence-electron chi connectivity index (χ1n) is 11.0. The molecule has 3 atom stereocenters. The van der Waals surface area contributed by atoms with Gasteiger partial charge in [0.1, 0.15) is 22.5 Å². The van der Waals surface area contributed by atoms with Gasteiger partial charge in [-0.2, -0.15) is 0 Å². The number of aliphatic hydroxyl groups is 1. The number of aliphatic hydroxyl groups excluding tert-OH is 1. The van der Waals surface area contributed by atoms with E-state index < -0.39 is 0 Å². The summed E-state index contributed by atoms with van der Waals surface area (Å²) in [5.41, 5.74) is 2.28. The number of ether oxygens (including phenoxy) is 2. The minimum Gasteiger partial charge on any atom is -0.485 e. The maximum Gasteiger partial charge on any atom is 0.279 e. The van der Waals surface area contributed by atoms with Crippen molar-refractivity contribution in [2.24, 2.45) is 5.92 Å². The third-order valence-corrected chi connectivity index (χ3v) is 6.78. The molecule has 4 rings (SSSR count). The molecule has 0 spiro atoms. The molecule has 2 aromatic carbocycles. The molecule has 2 heterocycles. The lowest BCUT2D eigenvalue weighted by Crippen LogP contribution is -2.41. The molecule has 0 fully saturated rings. The van der Waals surface area contributed by atoms with Crippen LogP contribution in [0.15, 0.2) is 54.7 Å². The van der Waals surface area contributed by atoms with Crippen molar-refractivity contribution in [3.63, 3.8) is 0 Å². The zero-order valence-corrected chi connectivity index (χ0v) is 19.1. The highest BCUT2D eigenvalue weighted by Gasteiger charge is 2.23. The Hall–Kier alpha value is -2.90. The van der Waals surface area contributed by atoms with Crippen molar-refractivity contribution in [1.82, 2.24) is 10.3 Å². The van der Waals surface area contributed by atoms with Gasteiger partial charge in [-0.1, -0.05) is 61.9 Å². The van der Waals surface area contributed by atoms with Gasteiger partial charge in [0.15, 0.2) is 0 Å². The highest BCUT2D eigenvalue weighted by atomic mass is 32.1. The zero-order valence-electron chi connectivity index (χ0n) is 18.3. The maximum absolute atomic E-state index is 12.5. The van der Waals surface area contributed by atoms with Crippen LogP contribution >= 0.6 is 11.3 Å². The Morgan fingerprint density at radius 1 is 1.31 bits per heavy atom. The SMILES string of the molecule is CC[C@H](C)[C@@H](CO)NC(=O)c1cnc(Oc2ccc3c(c2)CC[C@@H](c2ccccc2)O3)s1. The van der Waals surface area contributed by atoms with E-state index in [2.05, 4.69) is 22.4 Å². The largest absolute Gasteiger partial charge is 0.485 e. The fraction of sp³-hybridized carbons (Fsp3) is 0.360. The van der Waals surface area contributed by atoms with Crippen molar-refractivity contribution in [2.45, 2.75) is 45.3 Å². The van der Waals surface area contributed by atoms with Crippen molar-refractivity contribution < 1.29 is 19.4 Å². The lowest BCUT2D eigenvalue weighted by molar-refractivity contribution is 0.0895. The molecular weight excluding hydrogens is 424 g/mol. The van der Waals surface area contributed by atoms with Gasteiger partial charge in [0.05, 0.1) is 18.8 Å². The third kappa shape index (κ3) is 5.11. The number of thiazole rings is 1. The number of nitrogens with one attached hydrogen (secondary N) is 1. The van der Waals surface area contributed by atoms with Crippen molar-refractivity contribution in [1.29, 1.82) is 0 Å². The van der Waals surface area contributed by atoms with Crippen LogP contribution in [0.3, 0.4) is 0 Å². The van der Waals surface area contributed by atoms with Crippen LogP contribution in [0.25, 0.3) is 0 Å². The van der Waals surface area contributed by atoms with Gasteiger partial charge in [-0.05, 0) is 48.1 Å². The monoisotopic (exact) mass is 452 g/mol. The predicted molar refractivity (Wildman–Crippen MR) is 125 cm³/mol. The normalized spacial score (nSPS) is 17.0. The van der Waals surface area contributed by atoms with E-state index in [1.807, 2.05) is 50.2 Å². The Bertz CT molecular complexity index is 1050. The Labute approximate surface area is 192 Å². The molecule has 1 amide bonds. The minimum absolute atomic E-state index is 0.0636. The molecule has 0 radical (unpaired) electrons. The molecule has 3 aromatic rings. The second kappa shape index (κ2) is 10.1. The van der Waals surface area contributed by atoms with E-state index in [0.717, 1.165) is 30.6 Å². The van der Waals surface area contributed by atoms with Crippen molar-refractivity contribution in [2.75, 3.05) is 6.61 Å². The van der Waals surface area contributed by atoms with E-state index in [4.69, 9.17) is 9.47 Å². The Morgan fingerprint density at radius 3 is 2.88 bits per heavy atom. The van der Waals surface area contributed by atoms with Crippen LogP contribution in [0.1, 0.15) is 53.6 Å². The lowest BCUT2D eigenvalue weighted by Gasteiger charge is -2.26. The molecule has 1 aliphatic rings. The summed E-state index contributed by atoms with van der Waals surface area (Å²) in [5, 5.41) is 12.8. The number of aromatic nitrogens is 1. The first-order valence-corrected chi connectivity index (χ1v) is 11.8. The predicted octanol–water partition coefficient (Wildman–Crippen LogP) is 5.14. The molecule has 0 saturated carbocycles. The second-order valence-corrected chi connectivity index (χ2v) is 9.06. The highest BCUT2D eigenvalue weighted by molar-refractivity contribution is 7.15. The molecule has 2 N–H and O–H groups in total. The molecule has 0 unspecified atom stereocenters. The standard InChI is InChI=1S/C25H28N2O4S/c1-3-16(2)20(15-28)27-24(29)23-14-26-25(32-23)30-19-10-12-22-18(13-19)9-11-21(31-22)17-7-5-4-6-8-17/h4-8,10,12-14,16,20-21,28H,3,9,11,15H2,1-2H3,(H,27,29)/t16-,20+,21-/m0/s1. The summed E-state index contributed by atoms with van der Waals surface area (Å²) in [7, 11) is 0. The first kappa shape index (κ1) is 22.3. The lowest BCUT2D eigenvalue weighted by atomic mass is 9.97. The molecule has 0 saturated heterocycles. The number of amides is 1. The number of hydrogen-bond donors (Lipinski definition) is 2. The minimum atomic E-state index is -0.278. The number of carbonyl (C=O) groups is 1. The van der Waals surface area contributed by atoms with E-state index in [1.54, 1.807) is 0 Å². The number of aryl methyl sites for hydroxylation is 1. The van der Waals surface area contributed by atoms with Crippen LogP contribution in [-0.4, -0.2) is 28.6 Å². The number of benzene rings is 2. The Balaban J connectivity index is 1.40. The van der Waals surface area contributed by atoms with Crippen molar-refractivity contribution in [3.05, 3.63) is 70.7 Å². The van der Waals surface area contributed by atoms with E-state index in [9.17, 15) is 9.90 Å². The van der Waals surface area contributed by atoms with Crippen LogP contribution < -0.4 is 14.8 Å². The number of fused-ring (bicyclic) bond motifs is 1. The van der Waals surface area contributed by atoms with E-state index >= 15 is 0 Å². The van der Waals surface area contributed by atoms with Gasteiger partial charge in [0.25, 0.3) is 11.1 Å². The van der Waals surface area contributed by atoms with Gasteiger partial charge in [-0.25, -0.2) is 4.98 Å². The molecule has 168 valence electrons. The average molecular weight is 453 g/mol. The molecule has 0 bridgehead atoms. The molecule has 1 aliphatic heterocycles. The third-order valence-electron chi connectivity index (χ3n) is 5.91. The Morgan fingerprint density at radius 2 is 2.12 bits per heavy atom. The summed E-state index contributed by atoms with van der Waals surface area (Å²) in [4.78, 5) is 17.2. The van der Waals surface area contributed by atoms with Crippen molar-refractivity contribution in [3.8, 4) is 16.7 Å². The number of hydrogen-bond acceptors (Lipinski definition) is 6. The summed E-state index contributed by atoms with van der Waals surface area (Å²) in [6.07, 6.45) is 4.25. The van der Waals surface area contributed by atoms with Crippen LogP contribution in [0.4, 0.5) is 0 Å². The Kier molecular flexibility index (Phi) is 7.07. The van der Waals surface area contributed by atoms with E-state index in [-0.39, 0.29) is 30.6 Å². The zero-order chi connectivity index (χ0) is 22.5. The van der Waals surface area contributed by atoms with Gasteiger partial charge in [-0.15, -0.1) is 0 Å². The van der Waals surface area contributed by atoms with E-state index in [1.165, 1.54) is 23.1 Å². The highest BCUT2D eigenvalue weighted by Crippen LogP contribution is 2.38. The van der Waals surface area contributed by atoms with Crippen LogP contribution in [0.2, 0.25) is 0 Å². The quantitative estimate of drug-likeness (QED) is 0.495. The average Bonchev–Trinajstić information content (AvgIpc) is 3.30. The maximum atomic E-state index is 12.5. The van der Waals surface area contributed by atoms with E-state index in [0.29, 0.717) is 15.8 Å². The van der Waals surface area contributed by atoms with Crippen molar-refractivity contribution >= 4 is 17.2 Å². The fourth-order valence-corrected chi connectivity index (χ4v) is 4.42. The summed E-state index contributed by atoms with van der Waals surface area (Å²) in [6.45, 7) is 3.94. The van der Waals surface area contributed by atoms with Gasteiger partial charge in [0.2, 0.25) is 0 Å². The first-order chi connectivity index (χ1) is 15.6. The van der Waals surface area contributed by atoms with Crippen LogP contribution in [0.5, 0.6) is 16.7 Å².